The summed E-state index contributed by atoms with van der Waals surface area (Å²) >= 11 is 0. The molecule has 7 nitrogen and oxygen atoms in total. The van der Waals surface area contributed by atoms with Crippen LogP contribution in [0.4, 0.5) is 0 Å². The van der Waals surface area contributed by atoms with Crippen molar-refractivity contribution in [3.63, 3.8) is 0 Å². The van der Waals surface area contributed by atoms with Crippen molar-refractivity contribution in [2.45, 2.75) is 19.1 Å². The summed E-state index contributed by atoms with van der Waals surface area (Å²) in [7, 11) is 0. The second-order valence-electron chi connectivity index (χ2n) is 6.07. The van der Waals surface area contributed by atoms with Crippen LogP contribution in [0.3, 0.4) is 0 Å². The smallest absolute Gasteiger partial charge is 0.274 e. The molecule has 0 aliphatic carbocycles. The van der Waals surface area contributed by atoms with Crippen molar-refractivity contribution in [2.75, 3.05) is 19.7 Å². The van der Waals surface area contributed by atoms with Gasteiger partial charge in [-0.25, -0.2) is 4.98 Å². The number of benzene rings is 1. The summed E-state index contributed by atoms with van der Waals surface area (Å²) in [6.45, 7) is 2.44. The molecule has 25 heavy (non-hydrogen) atoms. The predicted octanol–water partition coefficient (Wildman–Crippen LogP) is 1.76. The fraction of sp³-hybridized carbons (Fsp3) is 0.333. The van der Waals surface area contributed by atoms with E-state index in [1.54, 1.807) is 17.3 Å². The van der Waals surface area contributed by atoms with Gasteiger partial charge in [-0.2, -0.15) is 5.10 Å². The Morgan fingerprint density at radius 2 is 2.12 bits per heavy atom. The van der Waals surface area contributed by atoms with Crippen LogP contribution >= 0.6 is 0 Å². The molecule has 1 aliphatic rings. The minimum absolute atomic E-state index is 0.0836. The number of amides is 1. The molecule has 2 aromatic heterocycles. The summed E-state index contributed by atoms with van der Waals surface area (Å²) in [5.41, 5.74) is 1.89. The lowest BCUT2D eigenvalue weighted by atomic mass is 10.2. The Morgan fingerprint density at radius 1 is 1.24 bits per heavy atom. The monoisotopic (exact) mass is 337 g/mol. The topological polar surface area (TPSA) is 73.1 Å². The van der Waals surface area contributed by atoms with Gasteiger partial charge in [-0.3, -0.25) is 14.5 Å². The van der Waals surface area contributed by atoms with E-state index in [0.717, 1.165) is 17.5 Å². The minimum Gasteiger partial charge on any atom is -0.374 e. The van der Waals surface area contributed by atoms with Gasteiger partial charge in [0.25, 0.3) is 5.91 Å². The highest BCUT2D eigenvalue weighted by Gasteiger charge is 2.25. The molecule has 3 heterocycles. The van der Waals surface area contributed by atoms with E-state index in [-0.39, 0.29) is 12.0 Å². The van der Waals surface area contributed by atoms with Crippen LogP contribution in [0.15, 0.2) is 48.9 Å². The molecule has 128 valence electrons. The molecule has 0 spiro atoms. The van der Waals surface area contributed by atoms with Crippen LogP contribution in [0.5, 0.6) is 0 Å². The molecular weight excluding hydrogens is 318 g/mol. The SMILES string of the molecule is O=C(c1cnc2ccccc2n1)N1CCCO[C@@H](Cn2cccn2)C1. The molecule has 1 amide bonds. The Bertz CT molecular complexity index is 865. The number of ether oxygens (including phenoxy) is 1. The van der Waals surface area contributed by atoms with Crippen molar-refractivity contribution in [2.24, 2.45) is 0 Å². The fourth-order valence-electron chi connectivity index (χ4n) is 3.03. The molecule has 3 aromatic rings. The highest BCUT2D eigenvalue weighted by atomic mass is 16.5. The van der Waals surface area contributed by atoms with Crippen LogP contribution in [0, 0.1) is 0 Å². The van der Waals surface area contributed by atoms with E-state index in [9.17, 15) is 4.79 Å². The molecule has 7 heteroatoms. The molecule has 0 N–H and O–H groups in total. The quantitative estimate of drug-likeness (QED) is 0.728. The molecule has 1 fully saturated rings. The summed E-state index contributed by atoms with van der Waals surface area (Å²) < 4.78 is 7.70. The first-order valence-electron chi connectivity index (χ1n) is 8.40. The normalized spacial score (nSPS) is 18.2. The first kappa shape index (κ1) is 15.7. The molecule has 1 aromatic carbocycles. The second-order valence-corrected chi connectivity index (χ2v) is 6.07. The van der Waals surface area contributed by atoms with Gasteiger partial charge in [0, 0.05) is 32.1 Å². The molecule has 4 rings (SSSR count). The van der Waals surface area contributed by atoms with Crippen molar-refractivity contribution < 1.29 is 9.53 Å². The van der Waals surface area contributed by atoms with Crippen LogP contribution < -0.4 is 0 Å². The lowest BCUT2D eigenvalue weighted by molar-refractivity contribution is 0.0365. The molecular formula is C18H19N5O2. The number of rotatable bonds is 3. The van der Waals surface area contributed by atoms with E-state index < -0.39 is 0 Å². The van der Waals surface area contributed by atoms with Gasteiger partial charge in [0.2, 0.25) is 0 Å². The van der Waals surface area contributed by atoms with Crippen molar-refractivity contribution in [3.05, 3.63) is 54.6 Å². The lowest BCUT2D eigenvalue weighted by Crippen LogP contribution is -2.39. The van der Waals surface area contributed by atoms with Crippen molar-refractivity contribution >= 4 is 16.9 Å². The zero-order chi connectivity index (χ0) is 17.1. The molecule has 0 radical (unpaired) electrons. The summed E-state index contributed by atoms with van der Waals surface area (Å²) in [4.78, 5) is 23.5. The number of carbonyl (C=O) groups is 1. The highest BCUT2D eigenvalue weighted by Crippen LogP contribution is 2.13. The molecule has 0 unspecified atom stereocenters. The maximum absolute atomic E-state index is 12.9. The number of hydrogen-bond donors (Lipinski definition) is 0. The van der Waals surface area contributed by atoms with Gasteiger partial charge in [-0.15, -0.1) is 0 Å². The van der Waals surface area contributed by atoms with Gasteiger partial charge < -0.3 is 9.64 Å². The van der Waals surface area contributed by atoms with Crippen LogP contribution in [-0.2, 0) is 11.3 Å². The van der Waals surface area contributed by atoms with E-state index in [1.807, 2.05) is 41.2 Å². The molecule has 1 atom stereocenters. The summed E-state index contributed by atoms with van der Waals surface area (Å²) in [5.74, 6) is -0.103. The first-order valence-corrected chi connectivity index (χ1v) is 8.40. The third-order valence-corrected chi connectivity index (χ3v) is 4.25. The second kappa shape index (κ2) is 6.98. The Hall–Kier alpha value is -2.80. The standard InChI is InChI=1S/C18H19N5O2/c24-18(17-11-19-15-5-1-2-6-16(15)21-17)22-8-4-10-25-14(12-22)13-23-9-3-7-20-23/h1-3,5-7,9,11,14H,4,8,10,12-13H2/t14-/m1/s1. The minimum atomic E-state index is -0.103. The lowest BCUT2D eigenvalue weighted by Gasteiger charge is -2.23. The maximum atomic E-state index is 12.9. The Morgan fingerprint density at radius 3 is 2.96 bits per heavy atom. The summed E-state index contributed by atoms with van der Waals surface area (Å²) in [5, 5.41) is 4.21. The van der Waals surface area contributed by atoms with E-state index in [4.69, 9.17) is 4.74 Å². The van der Waals surface area contributed by atoms with Crippen LogP contribution in [0.1, 0.15) is 16.9 Å². The highest BCUT2D eigenvalue weighted by molar-refractivity contribution is 5.93. The molecule has 0 bridgehead atoms. The molecule has 1 aliphatic heterocycles. The number of para-hydroxylation sites is 2. The molecule has 1 saturated heterocycles. The number of fused-ring (bicyclic) bond motifs is 1. The van der Waals surface area contributed by atoms with Crippen molar-refractivity contribution in [3.8, 4) is 0 Å². The first-order chi connectivity index (χ1) is 12.3. The van der Waals surface area contributed by atoms with Crippen LogP contribution in [0.2, 0.25) is 0 Å². The predicted molar refractivity (Wildman–Crippen MR) is 92.0 cm³/mol. The Balaban J connectivity index is 1.52. The number of hydrogen-bond acceptors (Lipinski definition) is 5. The third kappa shape index (κ3) is 3.51. The average molecular weight is 337 g/mol. The van der Waals surface area contributed by atoms with Gasteiger partial charge >= 0.3 is 0 Å². The number of carbonyl (C=O) groups excluding carboxylic acids is 1. The zero-order valence-electron chi connectivity index (χ0n) is 13.8. The Labute approximate surface area is 145 Å². The van der Waals surface area contributed by atoms with Crippen LogP contribution in [-0.4, -0.2) is 56.4 Å². The third-order valence-electron chi connectivity index (χ3n) is 4.25. The van der Waals surface area contributed by atoms with Gasteiger partial charge in [-0.1, -0.05) is 12.1 Å². The number of nitrogens with zero attached hydrogens (tertiary/aromatic N) is 5. The van der Waals surface area contributed by atoms with E-state index in [0.29, 0.717) is 31.9 Å². The van der Waals surface area contributed by atoms with E-state index >= 15 is 0 Å². The molecule has 0 saturated carbocycles. The zero-order valence-corrected chi connectivity index (χ0v) is 13.8. The summed E-state index contributed by atoms with van der Waals surface area (Å²) in [6.07, 6.45) is 5.92. The van der Waals surface area contributed by atoms with Gasteiger partial charge in [0.05, 0.1) is 29.9 Å². The van der Waals surface area contributed by atoms with E-state index in [1.165, 1.54) is 0 Å². The number of aromatic nitrogens is 4. The van der Waals surface area contributed by atoms with Crippen molar-refractivity contribution in [1.29, 1.82) is 0 Å². The maximum Gasteiger partial charge on any atom is 0.274 e. The van der Waals surface area contributed by atoms with E-state index in [2.05, 4.69) is 15.1 Å². The van der Waals surface area contributed by atoms with Crippen molar-refractivity contribution in [1.82, 2.24) is 24.6 Å². The van der Waals surface area contributed by atoms with Crippen LogP contribution in [0.25, 0.3) is 11.0 Å². The fourth-order valence-corrected chi connectivity index (χ4v) is 3.03. The summed E-state index contributed by atoms with van der Waals surface area (Å²) in [6, 6.07) is 9.43. The van der Waals surface area contributed by atoms with Gasteiger partial charge in [0.15, 0.2) is 0 Å². The van der Waals surface area contributed by atoms with Gasteiger partial charge in [-0.05, 0) is 24.6 Å². The largest absolute Gasteiger partial charge is 0.374 e. The average Bonchev–Trinajstić information content (AvgIpc) is 3.05. The van der Waals surface area contributed by atoms with Gasteiger partial charge in [0.1, 0.15) is 5.69 Å². The Kier molecular flexibility index (Phi) is 4.39.